The Morgan fingerprint density at radius 3 is 2.04 bits per heavy atom. The highest BCUT2D eigenvalue weighted by atomic mass is 19.4. The van der Waals surface area contributed by atoms with Gasteiger partial charge in [0.15, 0.2) is 0 Å². The molecule has 0 unspecified atom stereocenters. The molecule has 0 heterocycles. The molecule has 0 bridgehead atoms. The van der Waals surface area contributed by atoms with Crippen molar-refractivity contribution in [3.63, 3.8) is 0 Å². The molecule has 0 saturated heterocycles. The van der Waals surface area contributed by atoms with Gasteiger partial charge in [0.1, 0.15) is 0 Å². The average molecular weight is 350 g/mol. The lowest BCUT2D eigenvalue weighted by Gasteiger charge is -2.10. The Morgan fingerprint density at radius 1 is 1.04 bits per heavy atom. The number of alkyl halides is 3. The van der Waals surface area contributed by atoms with Crippen LogP contribution < -0.4 is 11.1 Å². The topological polar surface area (TPSA) is 55.1 Å². The molecule has 0 spiro atoms. The van der Waals surface area contributed by atoms with Crippen LogP contribution >= 0.6 is 0 Å². The van der Waals surface area contributed by atoms with Gasteiger partial charge in [0, 0.05) is 6.54 Å². The fraction of sp³-hybridized carbons (Fsp3) is 0.316. The summed E-state index contributed by atoms with van der Waals surface area (Å²) in [4.78, 5) is 11.6. The molecule has 6 heteroatoms. The van der Waals surface area contributed by atoms with E-state index in [4.69, 9.17) is 5.73 Å². The van der Waals surface area contributed by atoms with Crippen LogP contribution in [-0.4, -0.2) is 18.5 Å². The Balaban J connectivity index is 1.94. The number of nitrogens with one attached hydrogen (secondary N) is 1. The number of rotatable bonds is 6. The van der Waals surface area contributed by atoms with Crippen molar-refractivity contribution in [3.8, 4) is 11.1 Å². The summed E-state index contributed by atoms with van der Waals surface area (Å²) in [5.41, 5.74) is 7.57. The summed E-state index contributed by atoms with van der Waals surface area (Å²) in [6, 6.07) is 12.1. The number of benzene rings is 2. The predicted molar refractivity (Wildman–Crippen MR) is 91.9 cm³/mol. The Kier molecular flexibility index (Phi) is 6.20. The average Bonchev–Trinajstić information content (AvgIpc) is 2.61. The molecular weight excluding hydrogens is 329 g/mol. The van der Waals surface area contributed by atoms with Crippen molar-refractivity contribution >= 4 is 5.91 Å². The van der Waals surface area contributed by atoms with E-state index >= 15 is 0 Å². The van der Waals surface area contributed by atoms with Crippen LogP contribution in [0.15, 0.2) is 48.5 Å². The number of amides is 1. The number of carbonyl (C=O) groups excluding carboxylic acids is 1. The Labute approximate surface area is 145 Å². The van der Waals surface area contributed by atoms with Crippen molar-refractivity contribution in [2.24, 2.45) is 5.73 Å². The lowest BCUT2D eigenvalue weighted by molar-refractivity contribution is -0.137. The lowest BCUT2D eigenvalue weighted by atomic mass is 10.0. The monoisotopic (exact) mass is 350 g/mol. The molecule has 25 heavy (non-hydrogen) atoms. The quantitative estimate of drug-likeness (QED) is 0.833. The first kappa shape index (κ1) is 19.0. The van der Waals surface area contributed by atoms with Crippen molar-refractivity contribution in [3.05, 3.63) is 59.7 Å². The van der Waals surface area contributed by atoms with Gasteiger partial charge in [-0.2, -0.15) is 13.2 Å². The number of halogens is 3. The smallest absolute Gasteiger partial charge is 0.354 e. The normalized spacial score (nSPS) is 12.7. The molecule has 2 rings (SSSR count). The minimum Gasteiger partial charge on any atom is -0.354 e. The SMILES string of the molecule is CC[C@H](N)C(=O)NCCc1ccc(-c2ccc(C(F)(F)F)cc2)cc1. The van der Waals surface area contributed by atoms with Crippen LogP contribution in [0.5, 0.6) is 0 Å². The van der Waals surface area contributed by atoms with Crippen molar-refractivity contribution in [2.45, 2.75) is 32.0 Å². The third-order valence-corrected chi connectivity index (χ3v) is 3.99. The fourth-order valence-electron chi connectivity index (χ4n) is 2.36. The zero-order valence-corrected chi connectivity index (χ0v) is 13.9. The van der Waals surface area contributed by atoms with Gasteiger partial charge in [0.25, 0.3) is 0 Å². The van der Waals surface area contributed by atoms with Gasteiger partial charge in [0.2, 0.25) is 5.91 Å². The minimum absolute atomic E-state index is 0.163. The Morgan fingerprint density at radius 2 is 1.56 bits per heavy atom. The minimum atomic E-state index is -4.33. The highest BCUT2D eigenvalue weighted by Gasteiger charge is 2.29. The lowest BCUT2D eigenvalue weighted by Crippen LogP contribution is -2.40. The maximum absolute atomic E-state index is 12.6. The number of hydrogen-bond donors (Lipinski definition) is 2. The van der Waals surface area contributed by atoms with Crippen LogP contribution in [0, 0.1) is 0 Å². The van der Waals surface area contributed by atoms with Crippen LogP contribution in [0.1, 0.15) is 24.5 Å². The highest BCUT2D eigenvalue weighted by molar-refractivity contribution is 5.81. The first-order valence-electron chi connectivity index (χ1n) is 8.11. The number of hydrogen-bond acceptors (Lipinski definition) is 2. The van der Waals surface area contributed by atoms with Crippen molar-refractivity contribution in [1.29, 1.82) is 0 Å². The first-order valence-corrected chi connectivity index (χ1v) is 8.11. The second-order valence-corrected chi connectivity index (χ2v) is 5.83. The molecule has 3 N–H and O–H groups in total. The molecule has 0 aliphatic carbocycles. The third kappa shape index (κ3) is 5.32. The Bertz CT molecular complexity index is 694. The second-order valence-electron chi connectivity index (χ2n) is 5.83. The van der Waals surface area contributed by atoms with E-state index in [2.05, 4.69) is 5.32 Å². The van der Waals surface area contributed by atoms with Gasteiger partial charge in [-0.1, -0.05) is 43.3 Å². The van der Waals surface area contributed by atoms with E-state index in [9.17, 15) is 18.0 Å². The molecule has 0 aliphatic rings. The van der Waals surface area contributed by atoms with Crippen LogP contribution in [0.25, 0.3) is 11.1 Å². The van der Waals surface area contributed by atoms with E-state index in [1.54, 1.807) is 0 Å². The first-order chi connectivity index (χ1) is 11.8. The summed E-state index contributed by atoms with van der Waals surface area (Å²) < 4.78 is 37.8. The molecule has 2 aromatic carbocycles. The van der Waals surface area contributed by atoms with Crippen LogP contribution in [0.2, 0.25) is 0 Å². The van der Waals surface area contributed by atoms with Gasteiger partial charge >= 0.3 is 6.18 Å². The van der Waals surface area contributed by atoms with Gasteiger partial charge in [-0.3, -0.25) is 4.79 Å². The largest absolute Gasteiger partial charge is 0.416 e. The molecule has 0 saturated carbocycles. The molecule has 0 aromatic heterocycles. The molecule has 1 amide bonds. The summed E-state index contributed by atoms with van der Waals surface area (Å²) in [7, 11) is 0. The maximum Gasteiger partial charge on any atom is 0.416 e. The number of carbonyl (C=O) groups is 1. The maximum atomic E-state index is 12.6. The predicted octanol–water partition coefficient (Wildman–Crippen LogP) is 3.77. The molecule has 1 atom stereocenters. The molecule has 0 fully saturated rings. The Hall–Kier alpha value is -2.34. The van der Waals surface area contributed by atoms with Gasteiger partial charge in [-0.05, 0) is 41.7 Å². The zero-order valence-electron chi connectivity index (χ0n) is 13.9. The van der Waals surface area contributed by atoms with E-state index in [1.807, 2.05) is 31.2 Å². The van der Waals surface area contributed by atoms with Crippen molar-refractivity contribution in [1.82, 2.24) is 5.32 Å². The van der Waals surface area contributed by atoms with Gasteiger partial charge in [-0.25, -0.2) is 0 Å². The second kappa shape index (κ2) is 8.16. The number of nitrogens with two attached hydrogens (primary N) is 1. The van der Waals surface area contributed by atoms with E-state index < -0.39 is 17.8 Å². The van der Waals surface area contributed by atoms with E-state index in [0.29, 0.717) is 19.4 Å². The fourth-order valence-corrected chi connectivity index (χ4v) is 2.36. The molecule has 3 nitrogen and oxygen atoms in total. The summed E-state index contributed by atoms with van der Waals surface area (Å²) >= 11 is 0. The van der Waals surface area contributed by atoms with E-state index in [-0.39, 0.29) is 5.91 Å². The van der Waals surface area contributed by atoms with Crippen LogP contribution in [-0.2, 0) is 17.4 Å². The summed E-state index contributed by atoms with van der Waals surface area (Å²) in [6.45, 7) is 2.34. The van der Waals surface area contributed by atoms with Crippen LogP contribution in [0.4, 0.5) is 13.2 Å². The van der Waals surface area contributed by atoms with E-state index in [1.165, 1.54) is 12.1 Å². The van der Waals surface area contributed by atoms with Gasteiger partial charge in [-0.15, -0.1) is 0 Å². The molecule has 134 valence electrons. The highest BCUT2D eigenvalue weighted by Crippen LogP contribution is 2.31. The summed E-state index contributed by atoms with van der Waals surface area (Å²) in [5, 5.41) is 2.78. The summed E-state index contributed by atoms with van der Waals surface area (Å²) in [6.07, 6.45) is -3.07. The van der Waals surface area contributed by atoms with Crippen LogP contribution in [0.3, 0.4) is 0 Å². The molecule has 0 aliphatic heterocycles. The van der Waals surface area contributed by atoms with E-state index in [0.717, 1.165) is 28.8 Å². The van der Waals surface area contributed by atoms with Crippen molar-refractivity contribution in [2.75, 3.05) is 6.54 Å². The zero-order chi connectivity index (χ0) is 18.4. The van der Waals surface area contributed by atoms with Gasteiger partial charge < -0.3 is 11.1 Å². The standard InChI is InChI=1S/C19H21F3N2O/c1-2-17(23)18(25)24-12-11-13-3-5-14(6-4-13)15-7-9-16(10-8-15)19(20,21)22/h3-10,17H,2,11-12,23H2,1H3,(H,24,25)/t17-/m0/s1. The summed E-state index contributed by atoms with van der Waals surface area (Å²) in [5.74, 6) is -0.163. The molecular formula is C19H21F3N2O. The molecule has 0 radical (unpaired) electrons. The third-order valence-electron chi connectivity index (χ3n) is 3.99. The van der Waals surface area contributed by atoms with Gasteiger partial charge in [0.05, 0.1) is 11.6 Å². The van der Waals surface area contributed by atoms with Crippen molar-refractivity contribution < 1.29 is 18.0 Å². The molecule has 2 aromatic rings.